The molecule has 0 unspecified atom stereocenters. The standard InChI is InChI=1S/C21H21N3O7/c1-29-17-11-14(7-9-16(17)30-12-18(22)25)8-10-20(27)31-13-19(26)24-21(28)23-15-5-3-2-4-6-15/h2-11H,12-13H2,1H3,(H2,22,25)(H2,23,24,26,28)/b10-8+. The van der Waals surface area contributed by atoms with Gasteiger partial charge in [0, 0.05) is 11.8 Å². The van der Waals surface area contributed by atoms with Crippen LogP contribution >= 0.6 is 0 Å². The van der Waals surface area contributed by atoms with Gasteiger partial charge in [-0.1, -0.05) is 24.3 Å². The van der Waals surface area contributed by atoms with Crippen LogP contribution in [0.3, 0.4) is 0 Å². The SMILES string of the molecule is COc1cc(/C=C/C(=O)OCC(=O)NC(=O)Nc2ccccc2)ccc1OCC(N)=O. The highest BCUT2D eigenvalue weighted by Gasteiger charge is 2.10. The van der Waals surface area contributed by atoms with Gasteiger partial charge in [-0.15, -0.1) is 0 Å². The van der Waals surface area contributed by atoms with Crippen molar-refractivity contribution in [2.75, 3.05) is 25.6 Å². The molecule has 0 saturated heterocycles. The quantitative estimate of drug-likeness (QED) is 0.406. The van der Waals surface area contributed by atoms with E-state index in [0.717, 1.165) is 6.08 Å². The van der Waals surface area contributed by atoms with Crippen molar-refractivity contribution >= 4 is 35.6 Å². The number of para-hydroxylation sites is 1. The van der Waals surface area contributed by atoms with Crippen LogP contribution in [0.25, 0.3) is 6.08 Å². The van der Waals surface area contributed by atoms with E-state index in [4.69, 9.17) is 19.9 Å². The lowest BCUT2D eigenvalue weighted by molar-refractivity contribution is -0.143. The summed E-state index contributed by atoms with van der Waals surface area (Å²) < 4.78 is 15.2. The number of carbonyl (C=O) groups excluding carboxylic acids is 4. The van der Waals surface area contributed by atoms with Gasteiger partial charge in [-0.05, 0) is 35.9 Å². The average Bonchev–Trinajstić information content (AvgIpc) is 2.75. The molecular weight excluding hydrogens is 406 g/mol. The van der Waals surface area contributed by atoms with E-state index in [1.165, 1.54) is 13.2 Å². The largest absolute Gasteiger partial charge is 0.493 e. The van der Waals surface area contributed by atoms with Crippen LogP contribution in [0.2, 0.25) is 0 Å². The summed E-state index contributed by atoms with van der Waals surface area (Å²) >= 11 is 0. The van der Waals surface area contributed by atoms with Crippen LogP contribution in [0.5, 0.6) is 11.5 Å². The smallest absolute Gasteiger partial charge is 0.331 e. The predicted octanol–water partition coefficient (Wildman–Crippen LogP) is 1.46. The van der Waals surface area contributed by atoms with Crippen molar-refractivity contribution in [2.24, 2.45) is 5.73 Å². The van der Waals surface area contributed by atoms with Crippen LogP contribution in [0.4, 0.5) is 10.5 Å². The minimum absolute atomic E-state index is 0.302. The summed E-state index contributed by atoms with van der Waals surface area (Å²) in [4.78, 5) is 46.0. The molecule has 0 aliphatic rings. The fourth-order valence-electron chi connectivity index (χ4n) is 2.25. The summed E-state index contributed by atoms with van der Waals surface area (Å²) in [6, 6.07) is 12.5. The van der Waals surface area contributed by atoms with Crippen molar-refractivity contribution in [1.82, 2.24) is 5.32 Å². The summed E-state index contributed by atoms with van der Waals surface area (Å²) in [5, 5.41) is 4.51. The number of urea groups is 1. The Balaban J connectivity index is 1.81. The van der Waals surface area contributed by atoms with Crippen molar-refractivity contribution < 1.29 is 33.4 Å². The molecule has 4 amide bonds. The molecule has 2 aromatic carbocycles. The van der Waals surface area contributed by atoms with Crippen LogP contribution in [-0.4, -0.2) is 44.1 Å². The number of primary amides is 1. The van der Waals surface area contributed by atoms with Gasteiger partial charge in [-0.2, -0.15) is 0 Å². The van der Waals surface area contributed by atoms with Crippen LogP contribution in [0.1, 0.15) is 5.56 Å². The highest BCUT2D eigenvalue weighted by molar-refractivity contribution is 6.02. The van der Waals surface area contributed by atoms with E-state index >= 15 is 0 Å². The van der Waals surface area contributed by atoms with E-state index in [2.05, 4.69) is 5.32 Å². The van der Waals surface area contributed by atoms with Gasteiger partial charge in [-0.3, -0.25) is 14.9 Å². The summed E-state index contributed by atoms with van der Waals surface area (Å²) in [6.45, 7) is -0.933. The van der Waals surface area contributed by atoms with Gasteiger partial charge in [0.2, 0.25) is 0 Å². The lowest BCUT2D eigenvalue weighted by Gasteiger charge is -2.10. The number of methoxy groups -OCH3 is 1. The second kappa shape index (κ2) is 11.6. The fraction of sp³-hybridized carbons (Fsp3) is 0.143. The Labute approximate surface area is 178 Å². The van der Waals surface area contributed by atoms with Gasteiger partial charge in [0.05, 0.1) is 7.11 Å². The molecular formula is C21H21N3O7. The molecule has 0 fully saturated rings. The minimum Gasteiger partial charge on any atom is -0.493 e. The first kappa shape index (κ1) is 22.9. The van der Waals surface area contributed by atoms with E-state index in [1.807, 2.05) is 5.32 Å². The zero-order chi connectivity index (χ0) is 22.6. The molecule has 10 heteroatoms. The number of imide groups is 1. The molecule has 10 nitrogen and oxygen atoms in total. The topological polar surface area (TPSA) is 146 Å². The Kier molecular flexibility index (Phi) is 8.59. The van der Waals surface area contributed by atoms with Crippen molar-refractivity contribution in [1.29, 1.82) is 0 Å². The third-order valence-electron chi connectivity index (χ3n) is 3.60. The molecule has 162 valence electrons. The maximum Gasteiger partial charge on any atom is 0.331 e. The second-order valence-corrected chi connectivity index (χ2v) is 5.97. The van der Waals surface area contributed by atoms with Crippen molar-refractivity contribution in [2.45, 2.75) is 0 Å². The van der Waals surface area contributed by atoms with E-state index in [1.54, 1.807) is 48.5 Å². The molecule has 4 N–H and O–H groups in total. The molecule has 2 aromatic rings. The molecule has 0 spiro atoms. The second-order valence-electron chi connectivity index (χ2n) is 5.97. The maximum atomic E-state index is 11.8. The van der Waals surface area contributed by atoms with Gasteiger partial charge in [0.25, 0.3) is 11.8 Å². The number of nitrogens with two attached hydrogens (primary N) is 1. The molecule has 0 aliphatic carbocycles. The highest BCUT2D eigenvalue weighted by Crippen LogP contribution is 2.28. The summed E-state index contributed by atoms with van der Waals surface area (Å²) in [5.74, 6) is -1.55. The van der Waals surface area contributed by atoms with Gasteiger partial charge in [-0.25, -0.2) is 9.59 Å². The number of carbonyl (C=O) groups is 4. The number of ether oxygens (including phenoxy) is 3. The Morgan fingerprint density at radius 1 is 1.00 bits per heavy atom. The minimum atomic E-state index is -0.786. The van der Waals surface area contributed by atoms with Gasteiger partial charge in [0.15, 0.2) is 24.7 Å². The molecule has 0 aromatic heterocycles. The van der Waals surface area contributed by atoms with Crippen LogP contribution < -0.4 is 25.8 Å². The lowest BCUT2D eigenvalue weighted by atomic mass is 10.2. The zero-order valence-electron chi connectivity index (χ0n) is 16.6. The molecule has 0 heterocycles. The lowest BCUT2D eigenvalue weighted by Crippen LogP contribution is -2.37. The Morgan fingerprint density at radius 3 is 2.42 bits per heavy atom. The van der Waals surface area contributed by atoms with E-state index in [9.17, 15) is 19.2 Å². The van der Waals surface area contributed by atoms with Crippen molar-refractivity contribution in [3.05, 3.63) is 60.2 Å². The van der Waals surface area contributed by atoms with Gasteiger partial charge in [0.1, 0.15) is 0 Å². The van der Waals surface area contributed by atoms with E-state index in [-0.39, 0.29) is 6.61 Å². The fourth-order valence-corrected chi connectivity index (χ4v) is 2.25. The predicted molar refractivity (Wildman–Crippen MR) is 111 cm³/mol. The van der Waals surface area contributed by atoms with Gasteiger partial charge >= 0.3 is 12.0 Å². The number of nitrogens with one attached hydrogen (secondary N) is 2. The summed E-state index contributed by atoms with van der Waals surface area (Å²) in [6.07, 6.45) is 2.54. The highest BCUT2D eigenvalue weighted by atomic mass is 16.5. The number of rotatable bonds is 9. The Bertz CT molecular complexity index is 974. The summed E-state index contributed by atoms with van der Waals surface area (Å²) in [7, 11) is 1.42. The Hall–Kier alpha value is -4.34. The first-order valence-corrected chi connectivity index (χ1v) is 8.97. The monoisotopic (exact) mass is 427 g/mol. The Morgan fingerprint density at radius 2 is 1.74 bits per heavy atom. The van der Waals surface area contributed by atoms with E-state index < -0.39 is 30.4 Å². The van der Waals surface area contributed by atoms with Crippen LogP contribution in [0, 0.1) is 0 Å². The van der Waals surface area contributed by atoms with Gasteiger partial charge < -0.3 is 25.3 Å². The average molecular weight is 427 g/mol. The summed E-state index contributed by atoms with van der Waals surface area (Å²) in [5.41, 5.74) is 6.12. The van der Waals surface area contributed by atoms with Crippen molar-refractivity contribution in [3.63, 3.8) is 0 Å². The molecule has 0 atom stereocenters. The van der Waals surface area contributed by atoms with Crippen LogP contribution in [0.15, 0.2) is 54.6 Å². The van der Waals surface area contributed by atoms with Crippen molar-refractivity contribution in [3.8, 4) is 11.5 Å². The first-order valence-electron chi connectivity index (χ1n) is 8.97. The molecule has 0 bridgehead atoms. The molecule has 31 heavy (non-hydrogen) atoms. The number of benzene rings is 2. The third kappa shape index (κ3) is 8.28. The molecule has 0 aliphatic heterocycles. The number of esters is 1. The number of hydrogen-bond donors (Lipinski definition) is 3. The first-order chi connectivity index (χ1) is 14.9. The number of hydrogen-bond acceptors (Lipinski definition) is 7. The molecule has 0 radical (unpaired) electrons. The van der Waals surface area contributed by atoms with Crippen LogP contribution in [-0.2, 0) is 19.1 Å². The number of anilines is 1. The number of amides is 4. The molecule has 2 rings (SSSR count). The van der Waals surface area contributed by atoms with E-state index in [0.29, 0.717) is 22.7 Å². The zero-order valence-corrected chi connectivity index (χ0v) is 16.6. The third-order valence-corrected chi connectivity index (χ3v) is 3.60. The molecule has 0 saturated carbocycles. The maximum absolute atomic E-state index is 11.8. The normalized spacial score (nSPS) is 10.2.